The molecule has 0 saturated carbocycles. The quantitative estimate of drug-likeness (QED) is 0.802. The van der Waals surface area contributed by atoms with Crippen LogP contribution in [-0.4, -0.2) is 29.6 Å². The van der Waals surface area contributed by atoms with E-state index in [1.807, 2.05) is 0 Å². The number of carbonyl (C=O) groups is 3. The molecule has 0 radical (unpaired) electrons. The van der Waals surface area contributed by atoms with Crippen LogP contribution < -0.4 is 10.6 Å². The van der Waals surface area contributed by atoms with Crippen LogP contribution in [0.2, 0.25) is 5.02 Å². The summed E-state index contributed by atoms with van der Waals surface area (Å²) in [6, 6.07) is 1.46. The Balaban J connectivity index is 2.38. The summed E-state index contributed by atoms with van der Waals surface area (Å²) in [7, 11) is 0. The lowest BCUT2D eigenvalue weighted by Gasteiger charge is -2.17. The number of primary amides is 1. The number of nitrogens with zero attached hydrogens (tertiary/aromatic N) is 2. The Morgan fingerprint density at radius 3 is 2.89 bits per heavy atom. The van der Waals surface area contributed by atoms with Gasteiger partial charge < -0.3 is 5.73 Å². The van der Waals surface area contributed by atoms with Crippen LogP contribution in [-0.2, 0) is 9.59 Å². The topological polar surface area (TPSA) is 93.4 Å². The standard InChI is InChI=1S/C11H10ClN3O3/c12-8-1-2-14-11(7(8)5-16)15-4-6(10(13)18)3-9(15)17/h1-2,5-6H,3-4H2,(H2,13,18). The number of amides is 2. The lowest BCUT2D eigenvalue weighted by Crippen LogP contribution is -2.29. The van der Waals surface area contributed by atoms with E-state index in [9.17, 15) is 14.4 Å². The molecule has 18 heavy (non-hydrogen) atoms. The van der Waals surface area contributed by atoms with Crippen LogP contribution in [0, 0.1) is 5.92 Å². The number of anilines is 1. The molecule has 6 nitrogen and oxygen atoms in total. The van der Waals surface area contributed by atoms with Crippen LogP contribution in [0.4, 0.5) is 5.82 Å². The predicted octanol–water partition coefficient (Wildman–Crippen LogP) is 0.386. The van der Waals surface area contributed by atoms with E-state index in [1.54, 1.807) is 0 Å². The molecule has 1 aromatic heterocycles. The first-order valence-corrected chi connectivity index (χ1v) is 5.61. The molecule has 1 unspecified atom stereocenters. The van der Waals surface area contributed by atoms with Crippen molar-refractivity contribution < 1.29 is 14.4 Å². The molecule has 1 aliphatic rings. The van der Waals surface area contributed by atoms with Crippen molar-refractivity contribution in [3.05, 3.63) is 22.8 Å². The van der Waals surface area contributed by atoms with Gasteiger partial charge in [0.2, 0.25) is 11.8 Å². The summed E-state index contributed by atoms with van der Waals surface area (Å²) in [5.74, 6) is -1.22. The van der Waals surface area contributed by atoms with Gasteiger partial charge in [-0.2, -0.15) is 0 Å². The zero-order valence-corrected chi connectivity index (χ0v) is 10.1. The van der Waals surface area contributed by atoms with Gasteiger partial charge in [-0.3, -0.25) is 19.3 Å². The van der Waals surface area contributed by atoms with E-state index in [0.717, 1.165) is 0 Å². The average Bonchev–Trinajstić information content (AvgIpc) is 2.71. The first-order valence-electron chi connectivity index (χ1n) is 5.24. The second-order valence-corrected chi connectivity index (χ2v) is 4.36. The van der Waals surface area contributed by atoms with Crippen molar-refractivity contribution in [2.75, 3.05) is 11.4 Å². The lowest BCUT2D eigenvalue weighted by atomic mass is 10.1. The fourth-order valence-electron chi connectivity index (χ4n) is 1.87. The normalized spacial score (nSPS) is 19.1. The summed E-state index contributed by atoms with van der Waals surface area (Å²) in [5.41, 5.74) is 5.30. The zero-order valence-electron chi connectivity index (χ0n) is 9.30. The molecular weight excluding hydrogens is 258 g/mol. The molecule has 1 aromatic rings. The van der Waals surface area contributed by atoms with Crippen molar-refractivity contribution in [1.29, 1.82) is 0 Å². The summed E-state index contributed by atoms with van der Waals surface area (Å²) >= 11 is 5.85. The third kappa shape index (κ3) is 2.06. The number of aromatic nitrogens is 1. The van der Waals surface area contributed by atoms with Gasteiger partial charge in [-0.05, 0) is 6.07 Å². The van der Waals surface area contributed by atoms with Crippen molar-refractivity contribution in [2.24, 2.45) is 11.7 Å². The van der Waals surface area contributed by atoms with Crippen LogP contribution in [0.1, 0.15) is 16.8 Å². The second kappa shape index (κ2) is 4.73. The number of halogens is 1. The van der Waals surface area contributed by atoms with Crippen molar-refractivity contribution in [3.8, 4) is 0 Å². The highest BCUT2D eigenvalue weighted by atomic mass is 35.5. The molecular formula is C11H10ClN3O3. The maximum absolute atomic E-state index is 11.8. The van der Waals surface area contributed by atoms with Gasteiger partial charge >= 0.3 is 0 Å². The molecule has 0 bridgehead atoms. The van der Waals surface area contributed by atoms with Crippen LogP contribution in [0.25, 0.3) is 0 Å². The Labute approximate surface area is 108 Å². The number of nitrogens with two attached hydrogens (primary N) is 1. The zero-order chi connectivity index (χ0) is 13.3. The summed E-state index contributed by atoms with van der Waals surface area (Å²) in [5, 5.41) is 0.213. The van der Waals surface area contributed by atoms with Crippen LogP contribution in [0.5, 0.6) is 0 Å². The van der Waals surface area contributed by atoms with E-state index in [1.165, 1.54) is 17.2 Å². The molecule has 0 aromatic carbocycles. The van der Waals surface area contributed by atoms with Gasteiger partial charge in [0.05, 0.1) is 16.5 Å². The van der Waals surface area contributed by atoms with Crippen molar-refractivity contribution in [2.45, 2.75) is 6.42 Å². The van der Waals surface area contributed by atoms with Crippen LogP contribution >= 0.6 is 11.6 Å². The number of pyridine rings is 1. The molecule has 0 spiro atoms. The highest BCUT2D eigenvalue weighted by molar-refractivity contribution is 6.33. The Morgan fingerprint density at radius 1 is 1.61 bits per heavy atom. The average molecular weight is 268 g/mol. The van der Waals surface area contributed by atoms with Crippen molar-refractivity contribution in [1.82, 2.24) is 4.98 Å². The summed E-state index contributed by atoms with van der Waals surface area (Å²) in [6.07, 6.45) is 1.97. The largest absolute Gasteiger partial charge is 0.369 e. The second-order valence-electron chi connectivity index (χ2n) is 3.96. The Bertz CT molecular complexity index is 532. The molecule has 2 N–H and O–H groups in total. The first kappa shape index (κ1) is 12.5. The first-order chi connectivity index (χ1) is 8.54. The molecule has 1 atom stereocenters. The fourth-order valence-corrected chi connectivity index (χ4v) is 2.05. The third-order valence-corrected chi connectivity index (χ3v) is 3.15. The Kier molecular flexibility index (Phi) is 3.29. The maximum Gasteiger partial charge on any atom is 0.229 e. The van der Waals surface area contributed by atoms with E-state index in [4.69, 9.17) is 17.3 Å². The van der Waals surface area contributed by atoms with E-state index >= 15 is 0 Å². The van der Waals surface area contributed by atoms with Crippen LogP contribution in [0.3, 0.4) is 0 Å². The number of hydrogen-bond donors (Lipinski definition) is 1. The van der Waals surface area contributed by atoms with E-state index in [-0.39, 0.29) is 35.3 Å². The third-order valence-electron chi connectivity index (χ3n) is 2.82. The van der Waals surface area contributed by atoms with Gasteiger partial charge in [-0.1, -0.05) is 11.6 Å². The smallest absolute Gasteiger partial charge is 0.229 e. The summed E-state index contributed by atoms with van der Waals surface area (Å²) < 4.78 is 0. The molecule has 2 amide bonds. The molecule has 7 heteroatoms. The fraction of sp³-hybridized carbons (Fsp3) is 0.273. The lowest BCUT2D eigenvalue weighted by molar-refractivity contribution is -0.123. The van der Waals surface area contributed by atoms with E-state index in [2.05, 4.69) is 4.98 Å². The van der Waals surface area contributed by atoms with Crippen molar-refractivity contribution in [3.63, 3.8) is 0 Å². The highest BCUT2D eigenvalue weighted by Crippen LogP contribution is 2.28. The van der Waals surface area contributed by atoms with Gasteiger partial charge in [-0.25, -0.2) is 4.98 Å². The minimum atomic E-state index is -0.558. The number of rotatable bonds is 3. The molecule has 2 rings (SSSR count). The van der Waals surface area contributed by atoms with Gasteiger partial charge in [0, 0.05) is 19.2 Å². The van der Waals surface area contributed by atoms with Crippen LogP contribution in [0.15, 0.2) is 12.3 Å². The molecule has 1 aliphatic heterocycles. The van der Waals surface area contributed by atoms with Gasteiger partial charge in [0.25, 0.3) is 0 Å². The van der Waals surface area contributed by atoms with E-state index < -0.39 is 11.8 Å². The maximum atomic E-state index is 11.8. The van der Waals surface area contributed by atoms with Gasteiger partial charge in [0.15, 0.2) is 6.29 Å². The molecule has 0 aliphatic carbocycles. The predicted molar refractivity (Wildman–Crippen MR) is 64.3 cm³/mol. The molecule has 1 fully saturated rings. The molecule has 94 valence electrons. The summed E-state index contributed by atoms with van der Waals surface area (Å²) in [4.78, 5) is 39.1. The number of hydrogen-bond acceptors (Lipinski definition) is 4. The van der Waals surface area contributed by atoms with Gasteiger partial charge in [0.1, 0.15) is 5.82 Å². The number of aldehydes is 1. The SMILES string of the molecule is NC(=O)C1CC(=O)N(c2nccc(Cl)c2C=O)C1. The molecule has 2 heterocycles. The summed E-state index contributed by atoms with van der Waals surface area (Å²) in [6.45, 7) is 0.127. The Hall–Kier alpha value is -1.95. The van der Waals surface area contributed by atoms with E-state index in [0.29, 0.717) is 6.29 Å². The minimum Gasteiger partial charge on any atom is -0.369 e. The van der Waals surface area contributed by atoms with Gasteiger partial charge in [-0.15, -0.1) is 0 Å². The molecule has 1 saturated heterocycles. The monoisotopic (exact) mass is 267 g/mol. The Morgan fingerprint density at radius 2 is 2.33 bits per heavy atom. The minimum absolute atomic E-state index is 0.0296. The number of carbonyl (C=O) groups excluding carboxylic acids is 3. The van der Waals surface area contributed by atoms with Crippen molar-refractivity contribution >= 4 is 35.5 Å². The highest BCUT2D eigenvalue weighted by Gasteiger charge is 2.35.